The molecule has 33 heavy (non-hydrogen) atoms. The van der Waals surface area contributed by atoms with Gasteiger partial charge in [-0.3, -0.25) is 14.4 Å². The number of carbonyl (C=O) groups excluding carboxylic acids is 3. The molecule has 2 amide bonds. The molecule has 0 fully saturated rings. The van der Waals surface area contributed by atoms with E-state index in [2.05, 4.69) is 26.6 Å². The van der Waals surface area contributed by atoms with Gasteiger partial charge in [0.25, 0.3) is 0 Å². The number of nitrogens with one attached hydrogen (secondary N) is 2. The standard InChI is InChI=1S/C12H13F2NO2.C11H12BrF2NO/c1-12(2,3)11(17)15-9-5-4-8(13)10(14)7(9)6-16;1-11(2,3)10(16)15-7-5-4-6(13)9(14)8(7)12/h4-6H,1-3H3,(H,15,17);4-5H,1-3H3,(H,15,16). The highest BCUT2D eigenvalue weighted by molar-refractivity contribution is 9.10. The maximum atomic E-state index is 13.3. The summed E-state index contributed by atoms with van der Waals surface area (Å²) in [4.78, 5) is 34.0. The summed E-state index contributed by atoms with van der Waals surface area (Å²) >= 11 is 2.90. The number of amides is 2. The van der Waals surface area contributed by atoms with E-state index in [-0.39, 0.29) is 33.9 Å². The Bertz CT molecular complexity index is 1060. The Kier molecular flexibility index (Phi) is 9.35. The molecule has 0 saturated heterocycles. The van der Waals surface area contributed by atoms with Crippen LogP contribution in [-0.4, -0.2) is 18.1 Å². The molecule has 2 aromatic carbocycles. The first-order chi connectivity index (χ1) is 15.0. The van der Waals surface area contributed by atoms with E-state index < -0.39 is 39.7 Å². The van der Waals surface area contributed by atoms with Crippen LogP contribution in [0.15, 0.2) is 28.7 Å². The molecule has 0 atom stereocenters. The van der Waals surface area contributed by atoms with E-state index in [9.17, 15) is 31.9 Å². The van der Waals surface area contributed by atoms with Crippen LogP contribution in [0.5, 0.6) is 0 Å². The Labute approximate surface area is 198 Å². The summed E-state index contributed by atoms with van der Waals surface area (Å²) in [5.41, 5.74) is -1.57. The lowest BCUT2D eigenvalue weighted by molar-refractivity contribution is -0.123. The third kappa shape index (κ3) is 7.66. The molecule has 180 valence electrons. The first-order valence-corrected chi connectivity index (χ1v) is 10.5. The lowest BCUT2D eigenvalue weighted by Gasteiger charge is -2.18. The van der Waals surface area contributed by atoms with Crippen LogP contribution >= 0.6 is 15.9 Å². The predicted molar refractivity (Wildman–Crippen MR) is 122 cm³/mol. The number of aldehydes is 1. The Morgan fingerprint density at radius 1 is 0.758 bits per heavy atom. The molecule has 0 radical (unpaired) electrons. The van der Waals surface area contributed by atoms with Gasteiger partial charge in [0.15, 0.2) is 29.6 Å². The molecule has 0 bridgehead atoms. The van der Waals surface area contributed by atoms with Crippen molar-refractivity contribution in [1.82, 2.24) is 0 Å². The van der Waals surface area contributed by atoms with E-state index >= 15 is 0 Å². The van der Waals surface area contributed by atoms with Crippen molar-refractivity contribution in [2.45, 2.75) is 41.5 Å². The van der Waals surface area contributed by atoms with Crippen LogP contribution in [0.1, 0.15) is 51.9 Å². The van der Waals surface area contributed by atoms with Crippen molar-refractivity contribution >= 4 is 45.4 Å². The first-order valence-electron chi connectivity index (χ1n) is 9.70. The Balaban J connectivity index is 0.000000331. The summed E-state index contributed by atoms with van der Waals surface area (Å²) in [5.74, 6) is -4.99. The minimum atomic E-state index is -1.26. The van der Waals surface area contributed by atoms with Crippen molar-refractivity contribution in [2.24, 2.45) is 10.8 Å². The fourth-order valence-electron chi connectivity index (χ4n) is 2.03. The SMILES string of the molecule is CC(C)(C)C(=O)Nc1ccc(F)c(F)c1Br.CC(C)(C)C(=O)Nc1ccc(F)c(F)c1C=O. The second-order valence-electron chi connectivity index (χ2n) is 9.07. The average molecular weight is 533 g/mol. The number of rotatable bonds is 3. The van der Waals surface area contributed by atoms with Gasteiger partial charge in [0.05, 0.1) is 21.4 Å². The van der Waals surface area contributed by atoms with Crippen molar-refractivity contribution < 1.29 is 31.9 Å². The molecule has 0 unspecified atom stereocenters. The van der Waals surface area contributed by atoms with Crippen LogP contribution in [0.4, 0.5) is 28.9 Å². The summed E-state index contributed by atoms with van der Waals surface area (Å²) in [6.07, 6.45) is 0.177. The molecular formula is C23H25BrF4N2O3. The molecule has 0 aliphatic carbocycles. The Morgan fingerprint density at radius 3 is 1.58 bits per heavy atom. The van der Waals surface area contributed by atoms with E-state index in [1.165, 1.54) is 6.07 Å². The largest absolute Gasteiger partial charge is 0.325 e. The smallest absolute Gasteiger partial charge is 0.229 e. The highest BCUT2D eigenvalue weighted by Crippen LogP contribution is 2.29. The van der Waals surface area contributed by atoms with E-state index in [4.69, 9.17) is 0 Å². The summed E-state index contributed by atoms with van der Waals surface area (Å²) in [6, 6.07) is 4.30. The zero-order valence-electron chi connectivity index (χ0n) is 19.0. The average Bonchev–Trinajstić information content (AvgIpc) is 2.70. The minimum Gasteiger partial charge on any atom is -0.325 e. The molecule has 0 spiro atoms. The van der Waals surface area contributed by atoms with Crippen LogP contribution in [0.2, 0.25) is 0 Å². The van der Waals surface area contributed by atoms with E-state index in [0.717, 1.165) is 18.2 Å². The maximum absolute atomic E-state index is 13.3. The first kappa shape index (κ1) is 28.3. The van der Waals surface area contributed by atoms with Gasteiger partial charge in [0.1, 0.15) is 0 Å². The summed E-state index contributed by atoms with van der Waals surface area (Å²) in [5, 5.41) is 4.92. The molecule has 5 nitrogen and oxygen atoms in total. The molecule has 0 aromatic heterocycles. The lowest BCUT2D eigenvalue weighted by atomic mass is 9.95. The van der Waals surface area contributed by atoms with Crippen molar-refractivity contribution in [3.8, 4) is 0 Å². The number of halogens is 5. The summed E-state index contributed by atoms with van der Waals surface area (Å²) in [7, 11) is 0. The fraction of sp³-hybridized carbons (Fsp3) is 0.348. The lowest BCUT2D eigenvalue weighted by Crippen LogP contribution is -2.28. The van der Waals surface area contributed by atoms with Gasteiger partial charge >= 0.3 is 0 Å². The molecule has 0 aliphatic rings. The number of anilines is 2. The van der Waals surface area contributed by atoms with Crippen molar-refractivity contribution in [3.05, 3.63) is 57.6 Å². The molecule has 2 rings (SSSR count). The molecule has 10 heteroatoms. The van der Waals surface area contributed by atoms with Gasteiger partial charge in [0, 0.05) is 10.8 Å². The molecule has 0 heterocycles. The van der Waals surface area contributed by atoms with Crippen LogP contribution < -0.4 is 10.6 Å². The van der Waals surface area contributed by atoms with Gasteiger partial charge in [0.2, 0.25) is 11.8 Å². The second-order valence-corrected chi connectivity index (χ2v) is 9.86. The minimum absolute atomic E-state index is 0.0289. The second kappa shape index (κ2) is 10.9. The highest BCUT2D eigenvalue weighted by Gasteiger charge is 2.24. The molecular weight excluding hydrogens is 508 g/mol. The normalized spacial score (nSPS) is 11.2. The van der Waals surface area contributed by atoms with Crippen LogP contribution in [0, 0.1) is 34.1 Å². The van der Waals surface area contributed by atoms with Gasteiger partial charge in [-0.25, -0.2) is 17.6 Å². The monoisotopic (exact) mass is 532 g/mol. The molecule has 0 aliphatic heterocycles. The number of carbonyl (C=O) groups is 3. The molecule has 2 N–H and O–H groups in total. The Morgan fingerprint density at radius 2 is 1.15 bits per heavy atom. The summed E-state index contributed by atoms with van der Waals surface area (Å²) in [6.45, 7) is 10.2. The van der Waals surface area contributed by atoms with E-state index in [1.54, 1.807) is 41.5 Å². The quantitative estimate of drug-likeness (QED) is 0.270. The molecule has 2 aromatic rings. The highest BCUT2D eigenvalue weighted by atomic mass is 79.9. The van der Waals surface area contributed by atoms with Crippen LogP contribution in [0.3, 0.4) is 0 Å². The fourth-order valence-corrected chi connectivity index (χ4v) is 2.45. The van der Waals surface area contributed by atoms with Gasteiger partial charge in [-0.2, -0.15) is 0 Å². The van der Waals surface area contributed by atoms with E-state index in [0.29, 0.717) is 0 Å². The predicted octanol–water partition coefficient (Wildman–Crippen LogP) is 6.47. The van der Waals surface area contributed by atoms with Gasteiger partial charge < -0.3 is 10.6 Å². The number of hydrogen-bond acceptors (Lipinski definition) is 3. The van der Waals surface area contributed by atoms with Gasteiger partial charge in [-0.15, -0.1) is 0 Å². The number of hydrogen-bond donors (Lipinski definition) is 2. The zero-order valence-corrected chi connectivity index (χ0v) is 20.6. The van der Waals surface area contributed by atoms with Crippen LogP contribution in [0.25, 0.3) is 0 Å². The Hall–Kier alpha value is -2.75. The summed E-state index contributed by atoms with van der Waals surface area (Å²) < 4.78 is 52.0. The number of benzene rings is 2. The van der Waals surface area contributed by atoms with Gasteiger partial charge in [-0.05, 0) is 40.2 Å². The van der Waals surface area contributed by atoms with Gasteiger partial charge in [-0.1, -0.05) is 41.5 Å². The topological polar surface area (TPSA) is 75.3 Å². The van der Waals surface area contributed by atoms with Crippen molar-refractivity contribution in [1.29, 1.82) is 0 Å². The maximum Gasteiger partial charge on any atom is 0.229 e. The zero-order chi connectivity index (χ0) is 25.7. The van der Waals surface area contributed by atoms with Crippen molar-refractivity contribution in [3.63, 3.8) is 0 Å². The third-order valence-electron chi connectivity index (χ3n) is 4.14. The third-order valence-corrected chi connectivity index (χ3v) is 4.92. The molecule has 0 saturated carbocycles. The van der Waals surface area contributed by atoms with Crippen molar-refractivity contribution in [2.75, 3.05) is 10.6 Å². The van der Waals surface area contributed by atoms with E-state index in [1.807, 2.05) is 0 Å². The van der Waals surface area contributed by atoms with Crippen LogP contribution in [-0.2, 0) is 9.59 Å².